The quantitative estimate of drug-likeness (QED) is 0.858. The minimum Gasteiger partial charge on any atom is -0.347 e. The van der Waals surface area contributed by atoms with E-state index in [1.807, 2.05) is 25.3 Å². The summed E-state index contributed by atoms with van der Waals surface area (Å²) in [7, 11) is 0. The highest BCUT2D eigenvalue weighted by Crippen LogP contribution is 2.25. The topological polar surface area (TPSA) is 76.0 Å². The molecule has 1 aromatic heterocycles. The van der Waals surface area contributed by atoms with Crippen molar-refractivity contribution in [3.63, 3.8) is 0 Å². The molecular weight excluding hydrogens is 352 g/mol. The lowest BCUT2D eigenvalue weighted by Crippen LogP contribution is -2.33. The van der Waals surface area contributed by atoms with E-state index in [0.29, 0.717) is 28.8 Å². The molecular formula is C19H23ClN4O2. The SMILES string of the molecule is Cc1c(Cl)cccc1NC(=O)c1nc(C(=O)NC(C)C)n2c1CCCC2. The number of hydrogen-bond acceptors (Lipinski definition) is 3. The van der Waals surface area contributed by atoms with Crippen LogP contribution in [0.15, 0.2) is 18.2 Å². The van der Waals surface area contributed by atoms with Gasteiger partial charge in [-0.25, -0.2) is 4.98 Å². The van der Waals surface area contributed by atoms with Crippen LogP contribution >= 0.6 is 11.6 Å². The number of nitrogens with zero attached hydrogens (tertiary/aromatic N) is 2. The van der Waals surface area contributed by atoms with Gasteiger partial charge in [0.1, 0.15) is 0 Å². The molecule has 26 heavy (non-hydrogen) atoms. The van der Waals surface area contributed by atoms with Crippen LogP contribution in [0.2, 0.25) is 5.02 Å². The van der Waals surface area contributed by atoms with Crippen LogP contribution in [0.1, 0.15) is 59.1 Å². The van der Waals surface area contributed by atoms with E-state index in [9.17, 15) is 9.59 Å². The van der Waals surface area contributed by atoms with Crippen molar-refractivity contribution in [2.24, 2.45) is 0 Å². The van der Waals surface area contributed by atoms with Gasteiger partial charge < -0.3 is 15.2 Å². The van der Waals surface area contributed by atoms with Crippen molar-refractivity contribution < 1.29 is 9.59 Å². The number of halogens is 1. The molecule has 138 valence electrons. The Balaban J connectivity index is 1.94. The number of fused-ring (bicyclic) bond motifs is 1. The summed E-state index contributed by atoms with van der Waals surface area (Å²) in [5.41, 5.74) is 2.59. The summed E-state index contributed by atoms with van der Waals surface area (Å²) >= 11 is 6.13. The lowest BCUT2D eigenvalue weighted by Gasteiger charge is -2.17. The van der Waals surface area contributed by atoms with Crippen LogP contribution in [0, 0.1) is 6.92 Å². The van der Waals surface area contributed by atoms with Crippen molar-refractivity contribution in [2.45, 2.75) is 52.6 Å². The number of nitrogens with one attached hydrogen (secondary N) is 2. The van der Waals surface area contributed by atoms with E-state index < -0.39 is 0 Å². The van der Waals surface area contributed by atoms with E-state index in [0.717, 1.165) is 30.5 Å². The van der Waals surface area contributed by atoms with E-state index in [4.69, 9.17) is 11.6 Å². The Kier molecular flexibility index (Phi) is 5.32. The first kappa shape index (κ1) is 18.5. The fourth-order valence-electron chi connectivity index (χ4n) is 3.15. The van der Waals surface area contributed by atoms with Crippen molar-refractivity contribution in [1.82, 2.24) is 14.9 Å². The third-order valence-electron chi connectivity index (χ3n) is 4.47. The highest BCUT2D eigenvalue weighted by atomic mass is 35.5. The van der Waals surface area contributed by atoms with Gasteiger partial charge in [-0.1, -0.05) is 17.7 Å². The number of aromatic nitrogens is 2. The first-order valence-corrected chi connectivity index (χ1v) is 9.23. The Morgan fingerprint density at radius 1 is 1.23 bits per heavy atom. The standard InChI is InChI=1S/C19H23ClN4O2/c1-11(2)21-19(26)17-23-16(15-9-4-5-10-24(15)17)18(25)22-14-8-6-7-13(20)12(14)3/h6-8,11H,4-5,9-10H2,1-3H3,(H,21,26)(H,22,25). The molecule has 2 amide bonds. The molecule has 0 saturated carbocycles. The number of rotatable bonds is 4. The average molecular weight is 375 g/mol. The largest absolute Gasteiger partial charge is 0.347 e. The van der Waals surface area contributed by atoms with E-state index in [1.54, 1.807) is 18.2 Å². The summed E-state index contributed by atoms with van der Waals surface area (Å²) in [5, 5.41) is 6.33. The zero-order chi connectivity index (χ0) is 18.8. The van der Waals surface area contributed by atoms with Crippen LogP contribution in [-0.2, 0) is 13.0 Å². The van der Waals surface area contributed by atoms with Crippen LogP contribution in [0.25, 0.3) is 0 Å². The number of imidazole rings is 1. The lowest BCUT2D eigenvalue weighted by molar-refractivity contribution is 0.0927. The normalized spacial score (nSPS) is 13.4. The molecule has 0 saturated heterocycles. The average Bonchev–Trinajstić information content (AvgIpc) is 2.98. The minimum atomic E-state index is -0.315. The van der Waals surface area contributed by atoms with Gasteiger partial charge in [-0.05, 0) is 57.7 Å². The molecule has 0 fully saturated rings. The molecule has 2 N–H and O–H groups in total. The second-order valence-electron chi connectivity index (χ2n) is 6.83. The zero-order valence-corrected chi connectivity index (χ0v) is 16.0. The molecule has 0 atom stereocenters. The fourth-order valence-corrected chi connectivity index (χ4v) is 3.32. The Morgan fingerprint density at radius 2 is 2.00 bits per heavy atom. The van der Waals surface area contributed by atoms with Crippen molar-refractivity contribution in [2.75, 3.05) is 5.32 Å². The first-order valence-electron chi connectivity index (χ1n) is 8.85. The van der Waals surface area contributed by atoms with Gasteiger partial charge in [0.05, 0.1) is 5.69 Å². The molecule has 2 heterocycles. The van der Waals surface area contributed by atoms with Crippen molar-refractivity contribution in [3.8, 4) is 0 Å². The second-order valence-corrected chi connectivity index (χ2v) is 7.24. The third kappa shape index (κ3) is 3.60. The number of anilines is 1. The van der Waals surface area contributed by atoms with Crippen LogP contribution in [-0.4, -0.2) is 27.4 Å². The molecule has 3 rings (SSSR count). The van der Waals surface area contributed by atoms with Gasteiger partial charge in [0.2, 0.25) is 0 Å². The van der Waals surface area contributed by atoms with Gasteiger partial charge >= 0.3 is 0 Å². The number of carbonyl (C=O) groups excluding carboxylic acids is 2. The zero-order valence-electron chi connectivity index (χ0n) is 15.2. The van der Waals surface area contributed by atoms with Crippen molar-refractivity contribution in [1.29, 1.82) is 0 Å². The molecule has 1 aromatic carbocycles. The summed E-state index contributed by atoms with van der Waals surface area (Å²) in [6.45, 7) is 6.34. The monoisotopic (exact) mass is 374 g/mol. The predicted octanol–water partition coefficient (Wildman–Crippen LogP) is 3.57. The highest BCUT2D eigenvalue weighted by Gasteiger charge is 2.27. The van der Waals surface area contributed by atoms with Crippen LogP contribution in [0.3, 0.4) is 0 Å². The smallest absolute Gasteiger partial charge is 0.287 e. The fraction of sp³-hybridized carbons (Fsp3) is 0.421. The Bertz CT molecular complexity index is 857. The molecule has 0 radical (unpaired) electrons. The summed E-state index contributed by atoms with van der Waals surface area (Å²) in [5.74, 6) is -0.257. The molecule has 0 unspecified atom stereocenters. The Morgan fingerprint density at radius 3 is 2.73 bits per heavy atom. The number of carbonyl (C=O) groups is 2. The van der Waals surface area contributed by atoms with E-state index in [2.05, 4.69) is 15.6 Å². The van der Waals surface area contributed by atoms with Crippen molar-refractivity contribution >= 4 is 29.1 Å². The number of amides is 2. The first-order chi connectivity index (χ1) is 12.4. The molecule has 0 bridgehead atoms. The molecule has 7 heteroatoms. The summed E-state index contributed by atoms with van der Waals surface area (Å²) in [6, 6.07) is 5.37. The number of benzene rings is 1. The number of hydrogen-bond donors (Lipinski definition) is 2. The summed E-state index contributed by atoms with van der Waals surface area (Å²) in [6.07, 6.45) is 2.69. The summed E-state index contributed by atoms with van der Waals surface area (Å²) < 4.78 is 1.88. The molecule has 1 aliphatic heterocycles. The maximum absolute atomic E-state index is 12.8. The van der Waals surface area contributed by atoms with Gasteiger partial charge in [0.15, 0.2) is 11.5 Å². The highest BCUT2D eigenvalue weighted by molar-refractivity contribution is 6.31. The van der Waals surface area contributed by atoms with Gasteiger partial charge in [-0.3, -0.25) is 9.59 Å². The van der Waals surface area contributed by atoms with E-state index in [-0.39, 0.29) is 17.9 Å². The maximum Gasteiger partial charge on any atom is 0.287 e. The van der Waals surface area contributed by atoms with Crippen LogP contribution in [0.5, 0.6) is 0 Å². The third-order valence-corrected chi connectivity index (χ3v) is 4.88. The Labute approximate surface area is 157 Å². The molecule has 0 spiro atoms. The van der Waals surface area contributed by atoms with Gasteiger partial charge in [-0.2, -0.15) is 0 Å². The van der Waals surface area contributed by atoms with E-state index in [1.165, 1.54) is 0 Å². The molecule has 6 nitrogen and oxygen atoms in total. The minimum absolute atomic E-state index is 0.00503. The summed E-state index contributed by atoms with van der Waals surface area (Å²) in [4.78, 5) is 29.7. The predicted molar refractivity (Wildman–Crippen MR) is 102 cm³/mol. The van der Waals surface area contributed by atoms with E-state index >= 15 is 0 Å². The molecule has 1 aliphatic rings. The molecule has 0 aliphatic carbocycles. The Hall–Kier alpha value is -2.34. The van der Waals surface area contributed by atoms with Crippen molar-refractivity contribution in [3.05, 3.63) is 46.0 Å². The van der Waals surface area contributed by atoms with Gasteiger partial charge in [-0.15, -0.1) is 0 Å². The van der Waals surface area contributed by atoms with Gasteiger partial charge in [0, 0.05) is 23.3 Å². The maximum atomic E-state index is 12.8. The lowest BCUT2D eigenvalue weighted by atomic mass is 10.1. The second kappa shape index (κ2) is 7.50. The van der Waals surface area contributed by atoms with Gasteiger partial charge in [0.25, 0.3) is 11.8 Å². The van der Waals surface area contributed by atoms with Crippen LogP contribution < -0.4 is 10.6 Å². The molecule has 2 aromatic rings. The van der Waals surface area contributed by atoms with Crippen LogP contribution in [0.4, 0.5) is 5.69 Å².